The van der Waals surface area contributed by atoms with Gasteiger partial charge in [-0.2, -0.15) is 0 Å². The summed E-state index contributed by atoms with van der Waals surface area (Å²) in [5, 5.41) is 10.9. The third kappa shape index (κ3) is 2.55. The summed E-state index contributed by atoms with van der Waals surface area (Å²) in [6.07, 6.45) is -1.04. The first-order valence-electron chi connectivity index (χ1n) is 6.49. The molecule has 1 atom stereocenters. The molecule has 0 bridgehead atoms. The molecule has 1 unspecified atom stereocenters. The number of carboxylic acid groups (broad SMARTS) is 1. The SMILES string of the molecule is COCC(Oc1ccc2oc3ccccc3c2c1)C(=O)O. The zero-order valence-corrected chi connectivity index (χ0v) is 11.4. The van der Waals surface area contributed by atoms with Crippen molar-refractivity contribution in [2.75, 3.05) is 13.7 Å². The Hall–Kier alpha value is -2.53. The molecule has 1 aromatic heterocycles. The Morgan fingerprint density at radius 2 is 1.95 bits per heavy atom. The van der Waals surface area contributed by atoms with Crippen molar-refractivity contribution in [3.05, 3.63) is 42.5 Å². The summed E-state index contributed by atoms with van der Waals surface area (Å²) in [5.41, 5.74) is 1.53. The largest absolute Gasteiger partial charge is 0.478 e. The van der Waals surface area contributed by atoms with Crippen LogP contribution < -0.4 is 4.74 Å². The molecular weight excluding hydrogens is 272 g/mol. The molecule has 3 rings (SSSR count). The highest BCUT2D eigenvalue weighted by Crippen LogP contribution is 2.31. The Morgan fingerprint density at radius 3 is 2.71 bits per heavy atom. The van der Waals surface area contributed by atoms with Crippen LogP contribution in [0.5, 0.6) is 5.75 Å². The van der Waals surface area contributed by atoms with Gasteiger partial charge in [-0.25, -0.2) is 4.79 Å². The molecule has 0 radical (unpaired) electrons. The van der Waals surface area contributed by atoms with E-state index in [4.69, 9.17) is 19.0 Å². The van der Waals surface area contributed by atoms with Gasteiger partial charge in [-0.15, -0.1) is 0 Å². The molecule has 2 aromatic carbocycles. The normalized spacial score (nSPS) is 12.6. The Bertz CT molecular complexity index is 790. The average Bonchev–Trinajstić information content (AvgIpc) is 2.85. The summed E-state index contributed by atoms with van der Waals surface area (Å²) in [5.74, 6) is -0.590. The predicted octanol–water partition coefficient (Wildman–Crippen LogP) is 3.06. The first kappa shape index (κ1) is 13.5. The van der Waals surface area contributed by atoms with Gasteiger partial charge in [0.15, 0.2) is 0 Å². The molecule has 0 aliphatic heterocycles. The molecule has 1 heterocycles. The Labute approximate surface area is 120 Å². The molecule has 108 valence electrons. The quantitative estimate of drug-likeness (QED) is 0.780. The molecule has 0 amide bonds. The molecule has 1 N–H and O–H groups in total. The van der Waals surface area contributed by atoms with Gasteiger partial charge in [0.1, 0.15) is 16.9 Å². The molecule has 5 nitrogen and oxygen atoms in total. The highest BCUT2D eigenvalue weighted by atomic mass is 16.5. The van der Waals surface area contributed by atoms with E-state index < -0.39 is 12.1 Å². The number of aliphatic carboxylic acids is 1. The Kier molecular flexibility index (Phi) is 3.50. The van der Waals surface area contributed by atoms with Crippen molar-refractivity contribution < 1.29 is 23.8 Å². The van der Waals surface area contributed by atoms with Crippen molar-refractivity contribution in [2.24, 2.45) is 0 Å². The van der Waals surface area contributed by atoms with E-state index in [9.17, 15) is 4.79 Å². The second-order valence-electron chi connectivity index (χ2n) is 4.66. The summed E-state index contributed by atoms with van der Waals surface area (Å²) < 4.78 is 16.0. The van der Waals surface area contributed by atoms with Crippen LogP contribution >= 0.6 is 0 Å². The van der Waals surface area contributed by atoms with Crippen molar-refractivity contribution in [2.45, 2.75) is 6.10 Å². The number of methoxy groups -OCH3 is 1. The van der Waals surface area contributed by atoms with Crippen molar-refractivity contribution in [1.82, 2.24) is 0 Å². The minimum atomic E-state index is -1.06. The number of ether oxygens (including phenoxy) is 2. The lowest BCUT2D eigenvalue weighted by molar-refractivity contribution is -0.147. The molecule has 5 heteroatoms. The minimum absolute atomic E-state index is 0.0144. The summed E-state index contributed by atoms with van der Waals surface area (Å²) in [7, 11) is 1.44. The topological polar surface area (TPSA) is 68.9 Å². The van der Waals surface area contributed by atoms with Gasteiger partial charge in [-0.3, -0.25) is 0 Å². The van der Waals surface area contributed by atoms with Gasteiger partial charge in [0.05, 0.1) is 6.61 Å². The van der Waals surface area contributed by atoms with Crippen molar-refractivity contribution >= 4 is 27.9 Å². The molecule has 0 aliphatic carbocycles. The first-order valence-corrected chi connectivity index (χ1v) is 6.49. The number of rotatable bonds is 5. The number of furan rings is 1. The zero-order valence-electron chi connectivity index (χ0n) is 11.4. The van der Waals surface area contributed by atoms with Crippen LogP contribution in [0.2, 0.25) is 0 Å². The standard InChI is InChI=1S/C16H14O5/c1-19-9-15(16(17)18)20-10-6-7-14-12(8-10)11-4-2-3-5-13(11)21-14/h2-8,15H,9H2,1H3,(H,17,18). The number of para-hydroxylation sites is 1. The maximum atomic E-state index is 11.1. The maximum Gasteiger partial charge on any atom is 0.347 e. The first-order chi connectivity index (χ1) is 10.2. The lowest BCUT2D eigenvalue weighted by Gasteiger charge is -2.14. The Morgan fingerprint density at radius 1 is 1.19 bits per heavy atom. The predicted molar refractivity (Wildman–Crippen MR) is 77.6 cm³/mol. The molecule has 0 spiro atoms. The fourth-order valence-corrected chi connectivity index (χ4v) is 2.25. The van der Waals surface area contributed by atoms with Gasteiger partial charge >= 0.3 is 5.97 Å². The summed E-state index contributed by atoms with van der Waals surface area (Å²) in [6, 6.07) is 12.9. The van der Waals surface area contributed by atoms with Crippen LogP contribution in [-0.2, 0) is 9.53 Å². The van der Waals surface area contributed by atoms with Crippen molar-refractivity contribution in [3.8, 4) is 5.75 Å². The third-order valence-electron chi connectivity index (χ3n) is 3.22. The lowest BCUT2D eigenvalue weighted by Crippen LogP contribution is -2.31. The molecule has 0 aliphatic rings. The van der Waals surface area contributed by atoms with Crippen LogP contribution in [0.1, 0.15) is 0 Å². The van der Waals surface area contributed by atoms with Crippen LogP contribution in [0.3, 0.4) is 0 Å². The van der Waals surface area contributed by atoms with Gasteiger partial charge in [-0.05, 0) is 24.3 Å². The summed E-state index contributed by atoms with van der Waals surface area (Å²) in [6.45, 7) is -0.0144. The number of carboxylic acids is 1. The zero-order chi connectivity index (χ0) is 14.8. The van der Waals surface area contributed by atoms with Crippen LogP contribution in [0.15, 0.2) is 46.9 Å². The smallest absolute Gasteiger partial charge is 0.347 e. The third-order valence-corrected chi connectivity index (χ3v) is 3.22. The van der Waals surface area contributed by atoms with E-state index in [-0.39, 0.29) is 6.61 Å². The van der Waals surface area contributed by atoms with E-state index in [1.54, 1.807) is 18.2 Å². The number of hydrogen-bond donors (Lipinski definition) is 1. The summed E-state index contributed by atoms with van der Waals surface area (Å²) >= 11 is 0. The fourth-order valence-electron chi connectivity index (χ4n) is 2.25. The molecule has 0 fully saturated rings. The number of benzene rings is 2. The second-order valence-corrected chi connectivity index (χ2v) is 4.66. The molecule has 0 saturated heterocycles. The Balaban J connectivity index is 2.00. The molecule has 3 aromatic rings. The van der Waals surface area contributed by atoms with Crippen LogP contribution in [-0.4, -0.2) is 30.9 Å². The van der Waals surface area contributed by atoms with Crippen LogP contribution in [0.4, 0.5) is 0 Å². The van der Waals surface area contributed by atoms with E-state index in [2.05, 4.69) is 0 Å². The number of hydrogen-bond acceptors (Lipinski definition) is 4. The van der Waals surface area contributed by atoms with Crippen LogP contribution in [0.25, 0.3) is 21.9 Å². The van der Waals surface area contributed by atoms with E-state index in [0.29, 0.717) is 5.75 Å². The molecule has 0 saturated carbocycles. The van der Waals surface area contributed by atoms with Crippen LogP contribution in [0, 0.1) is 0 Å². The van der Waals surface area contributed by atoms with Gasteiger partial charge < -0.3 is 19.0 Å². The number of fused-ring (bicyclic) bond motifs is 3. The van der Waals surface area contributed by atoms with Gasteiger partial charge in [-0.1, -0.05) is 18.2 Å². The minimum Gasteiger partial charge on any atom is -0.478 e. The van der Waals surface area contributed by atoms with E-state index >= 15 is 0 Å². The highest BCUT2D eigenvalue weighted by Gasteiger charge is 2.19. The van der Waals surface area contributed by atoms with E-state index in [0.717, 1.165) is 21.9 Å². The highest BCUT2D eigenvalue weighted by molar-refractivity contribution is 6.05. The van der Waals surface area contributed by atoms with E-state index in [1.165, 1.54) is 7.11 Å². The van der Waals surface area contributed by atoms with Crippen molar-refractivity contribution in [3.63, 3.8) is 0 Å². The second kappa shape index (κ2) is 5.46. The lowest BCUT2D eigenvalue weighted by atomic mass is 10.1. The van der Waals surface area contributed by atoms with E-state index in [1.807, 2.05) is 24.3 Å². The molecule has 21 heavy (non-hydrogen) atoms. The van der Waals surface area contributed by atoms with Crippen molar-refractivity contribution in [1.29, 1.82) is 0 Å². The average molecular weight is 286 g/mol. The van der Waals surface area contributed by atoms with Gasteiger partial charge in [0.25, 0.3) is 0 Å². The fraction of sp³-hybridized carbons (Fsp3) is 0.188. The number of carbonyl (C=O) groups is 1. The summed E-state index contributed by atoms with van der Waals surface area (Å²) in [4.78, 5) is 11.1. The monoisotopic (exact) mass is 286 g/mol. The van der Waals surface area contributed by atoms with Gasteiger partial charge in [0, 0.05) is 17.9 Å². The van der Waals surface area contributed by atoms with Gasteiger partial charge in [0.2, 0.25) is 6.10 Å². The molecular formula is C16H14O5. The maximum absolute atomic E-state index is 11.1.